The van der Waals surface area contributed by atoms with Crippen LogP contribution in [0.25, 0.3) is 0 Å². The molecule has 20 heavy (non-hydrogen) atoms. The molecular formula is C14H13N3O3. The summed E-state index contributed by atoms with van der Waals surface area (Å²) >= 11 is 0. The van der Waals surface area contributed by atoms with E-state index in [2.05, 4.69) is 16.2 Å². The maximum atomic E-state index is 8.78. The Kier molecular flexibility index (Phi) is 3.25. The van der Waals surface area contributed by atoms with Gasteiger partial charge in [0.25, 0.3) is 0 Å². The first-order valence-electron chi connectivity index (χ1n) is 6.37. The molecule has 2 heterocycles. The van der Waals surface area contributed by atoms with Gasteiger partial charge in [-0.2, -0.15) is 10.2 Å². The van der Waals surface area contributed by atoms with Gasteiger partial charge in [-0.1, -0.05) is 17.3 Å². The molecule has 0 bridgehead atoms. The summed E-state index contributed by atoms with van der Waals surface area (Å²) in [4.78, 5) is 4.26. The van der Waals surface area contributed by atoms with Crippen molar-refractivity contribution < 1.29 is 14.0 Å². The summed E-state index contributed by atoms with van der Waals surface area (Å²) in [7, 11) is 0. The van der Waals surface area contributed by atoms with E-state index in [1.54, 1.807) is 6.92 Å². The Morgan fingerprint density at radius 3 is 3.00 bits per heavy atom. The maximum Gasteiger partial charge on any atom is 0.228 e. The summed E-state index contributed by atoms with van der Waals surface area (Å²) in [6, 6.07) is 9.58. The molecule has 1 aromatic carbocycles. The second-order valence-electron chi connectivity index (χ2n) is 4.64. The van der Waals surface area contributed by atoms with E-state index < -0.39 is 0 Å². The molecule has 0 spiro atoms. The highest BCUT2D eigenvalue weighted by molar-refractivity contribution is 5.40. The number of nitrogens with zero attached hydrogens (tertiary/aromatic N) is 3. The lowest BCUT2D eigenvalue weighted by molar-refractivity contribution is 0.0832. The summed E-state index contributed by atoms with van der Waals surface area (Å²) in [5.41, 5.74) is 0. The predicted octanol–water partition coefficient (Wildman–Crippen LogP) is 2.28. The fraction of sp³-hybridized carbons (Fsp3) is 0.357. The van der Waals surface area contributed by atoms with Crippen LogP contribution in [0.4, 0.5) is 0 Å². The molecule has 2 unspecified atom stereocenters. The van der Waals surface area contributed by atoms with Crippen LogP contribution >= 0.6 is 0 Å². The van der Waals surface area contributed by atoms with E-state index in [-0.39, 0.29) is 12.0 Å². The first kappa shape index (κ1) is 12.5. The van der Waals surface area contributed by atoms with Gasteiger partial charge in [-0.25, -0.2) is 0 Å². The van der Waals surface area contributed by atoms with Crippen LogP contribution in [-0.4, -0.2) is 16.7 Å². The van der Waals surface area contributed by atoms with E-state index in [1.165, 1.54) is 0 Å². The van der Waals surface area contributed by atoms with Gasteiger partial charge >= 0.3 is 0 Å². The van der Waals surface area contributed by atoms with Crippen LogP contribution in [-0.2, 0) is 6.42 Å². The highest BCUT2D eigenvalue weighted by atomic mass is 16.6. The molecule has 0 aliphatic carbocycles. The highest BCUT2D eigenvalue weighted by Crippen LogP contribution is 2.35. The van der Waals surface area contributed by atoms with E-state index in [4.69, 9.17) is 19.3 Å². The molecule has 1 aromatic heterocycles. The molecule has 1 aliphatic rings. The number of aromatic nitrogens is 2. The van der Waals surface area contributed by atoms with Crippen molar-refractivity contribution in [1.82, 2.24) is 10.1 Å². The molecule has 0 saturated heterocycles. The highest BCUT2D eigenvalue weighted by Gasteiger charge is 2.26. The smallest absolute Gasteiger partial charge is 0.228 e. The summed E-state index contributed by atoms with van der Waals surface area (Å²) in [5, 5.41) is 12.7. The minimum absolute atomic E-state index is 0.160. The number of para-hydroxylation sites is 2. The molecule has 0 N–H and O–H groups in total. The third-order valence-corrected chi connectivity index (χ3v) is 2.98. The van der Waals surface area contributed by atoms with Crippen molar-refractivity contribution in [2.24, 2.45) is 5.92 Å². The average Bonchev–Trinajstić information content (AvgIpc) is 2.95. The Morgan fingerprint density at radius 1 is 1.40 bits per heavy atom. The summed E-state index contributed by atoms with van der Waals surface area (Å²) in [6.07, 6.45) is 0.0491. The number of nitriles is 1. The Labute approximate surface area is 115 Å². The Morgan fingerprint density at radius 2 is 2.20 bits per heavy atom. The van der Waals surface area contributed by atoms with Crippen LogP contribution in [0.3, 0.4) is 0 Å². The quantitative estimate of drug-likeness (QED) is 0.851. The van der Waals surface area contributed by atoms with Crippen molar-refractivity contribution >= 4 is 0 Å². The SMILES string of the molecule is CC(C#N)Cc1nc(C2COc3ccccc3O2)no1. The Bertz CT molecular complexity index is 647. The van der Waals surface area contributed by atoms with Gasteiger partial charge in [0.15, 0.2) is 17.6 Å². The Hall–Kier alpha value is -2.55. The van der Waals surface area contributed by atoms with Crippen molar-refractivity contribution in [3.05, 3.63) is 36.0 Å². The number of benzene rings is 1. The van der Waals surface area contributed by atoms with E-state index in [0.717, 1.165) is 0 Å². The molecule has 102 valence electrons. The number of rotatable bonds is 3. The largest absolute Gasteiger partial charge is 0.485 e. The number of hydrogen-bond donors (Lipinski definition) is 0. The monoisotopic (exact) mass is 271 g/mol. The van der Waals surface area contributed by atoms with E-state index in [9.17, 15) is 0 Å². The van der Waals surface area contributed by atoms with Gasteiger partial charge in [0.1, 0.15) is 6.61 Å². The predicted molar refractivity (Wildman–Crippen MR) is 68.1 cm³/mol. The fourth-order valence-corrected chi connectivity index (χ4v) is 1.94. The van der Waals surface area contributed by atoms with Crippen LogP contribution in [0.1, 0.15) is 24.7 Å². The zero-order valence-electron chi connectivity index (χ0n) is 10.9. The number of hydrogen-bond acceptors (Lipinski definition) is 6. The lowest BCUT2D eigenvalue weighted by atomic mass is 10.1. The van der Waals surface area contributed by atoms with Gasteiger partial charge in [0, 0.05) is 6.42 Å². The third kappa shape index (κ3) is 2.43. The fourth-order valence-electron chi connectivity index (χ4n) is 1.94. The molecule has 3 rings (SSSR count). The van der Waals surface area contributed by atoms with Gasteiger partial charge in [-0.3, -0.25) is 0 Å². The summed E-state index contributed by atoms with van der Waals surface area (Å²) in [5.74, 6) is 2.11. The van der Waals surface area contributed by atoms with Crippen LogP contribution in [0.5, 0.6) is 11.5 Å². The summed E-state index contributed by atoms with van der Waals surface area (Å²) in [6.45, 7) is 2.14. The second-order valence-corrected chi connectivity index (χ2v) is 4.64. The molecule has 6 nitrogen and oxygen atoms in total. The molecule has 6 heteroatoms. The van der Waals surface area contributed by atoms with Crippen LogP contribution in [0.2, 0.25) is 0 Å². The van der Waals surface area contributed by atoms with E-state index in [1.807, 2.05) is 24.3 Å². The van der Waals surface area contributed by atoms with E-state index in [0.29, 0.717) is 36.2 Å². The first-order valence-corrected chi connectivity index (χ1v) is 6.37. The molecule has 2 aromatic rings. The minimum Gasteiger partial charge on any atom is -0.485 e. The average molecular weight is 271 g/mol. The van der Waals surface area contributed by atoms with Crippen molar-refractivity contribution in [3.8, 4) is 17.6 Å². The maximum absolute atomic E-state index is 8.78. The molecule has 1 aliphatic heterocycles. The van der Waals surface area contributed by atoms with Crippen LogP contribution in [0, 0.1) is 17.2 Å². The second kappa shape index (κ2) is 5.21. The van der Waals surface area contributed by atoms with Crippen molar-refractivity contribution in [2.75, 3.05) is 6.61 Å². The normalized spacial score (nSPS) is 18.3. The van der Waals surface area contributed by atoms with E-state index >= 15 is 0 Å². The molecule has 0 saturated carbocycles. The zero-order chi connectivity index (χ0) is 13.9. The molecule has 2 atom stereocenters. The molecule has 0 amide bonds. The molecule has 0 radical (unpaired) electrons. The van der Waals surface area contributed by atoms with Crippen molar-refractivity contribution in [2.45, 2.75) is 19.4 Å². The number of fused-ring (bicyclic) bond motifs is 1. The van der Waals surface area contributed by atoms with Crippen molar-refractivity contribution in [3.63, 3.8) is 0 Å². The van der Waals surface area contributed by atoms with Gasteiger partial charge in [-0.15, -0.1) is 0 Å². The minimum atomic E-state index is -0.389. The van der Waals surface area contributed by atoms with Gasteiger partial charge < -0.3 is 14.0 Å². The number of ether oxygens (including phenoxy) is 2. The third-order valence-electron chi connectivity index (χ3n) is 2.98. The topological polar surface area (TPSA) is 81.2 Å². The molecular weight excluding hydrogens is 258 g/mol. The standard InChI is InChI=1S/C14H13N3O3/c1-9(7-15)6-13-16-14(17-20-13)12-8-18-10-4-2-3-5-11(10)19-12/h2-5,9,12H,6,8H2,1H3. The lowest BCUT2D eigenvalue weighted by Gasteiger charge is -2.24. The Balaban J connectivity index is 1.74. The van der Waals surface area contributed by atoms with Gasteiger partial charge in [0.05, 0.1) is 12.0 Å². The zero-order valence-corrected chi connectivity index (χ0v) is 10.9. The van der Waals surface area contributed by atoms with Gasteiger partial charge in [0.2, 0.25) is 11.7 Å². The van der Waals surface area contributed by atoms with Crippen LogP contribution in [0.15, 0.2) is 28.8 Å². The van der Waals surface area contributed by atoms with Crippen molar-refractivity contribution in [1.29, 1.82) is 5.26 Å². The summed E-state index contributed by atoms with van der Waals surface area (Å²) < 4.78 is 16.5. The van der Waals surface area contributed by atoms with Gasteiger partial charge in [-0.05, 0) is 19.1 Å². The first-order chi connectivity index (χ1) is 9.76. The molecule has 0 fully saturated rings. The van der Waals surface area contributed by atoms with Crippen LogP contribution < -0.4 is 9.47 Å². The lowest BCUT2D eigenvalue weighted by Crippen LogP contribution is -2.22.